The van der Waals surface area contributed by atoms with Crippen molar-refractivity contribution in [1.29, 1.82) is 0 Å². The van der Waals surface area contributed by atoms with Crippen molar-refractivity contribution in [1.82, 2.24) is 0 Å². The molecule has 4 nitrogen and oxygen atoms in total. The molecule has 1 N–H and O–H groups in total. The lowest BCUT2D eigenvalue weighted by atomic mass is 10.0. The molecular formula is C20H18ClNO3S2. The molecule has 0 saturated heterocycles. The van der Waals surface area contributed by atoms with E-state index < -0.39 is 9.84 Å². The maximum absolute atomic E-state index is 12.7. The van der Waals surface area contributed by atoms with Crippen LogP contribution in [-0.4, -0.2) is 14.3 Å². The fourth-order valence-corrected chi connectivity index (χ4v) is 5.19. The summed E-state index contributed by atoms with van der Waals surface area (Å²) in [6, 6.07) is 16.5. The van der Waals surface area contributed by atoms with Gasteiger partial charge in [-0.05, 0) is 60.0 Å². The first-order chi connectivity index (χ1) is 12.8. The number of amides is 1. The summed E-state index contributed by atoms with van der Waals surface area (Å²) >= 11 is 6.75. The molecule has 0 aliphatic heterocycles. The molecule has 140 valence electrons. The van der Waals surface area contributed by atoms with Gasteiger partial charge in [-0.25, -0.2) is 8.42 Å². The molecule has 0 aliphatic carbocycles. The fourth-order valence-electron chi connectivity index (χ4n) is 2.46. The Labute approximate surface area is 167 Å². The zero-order valence-corrected chi connectivity index (χ0v) is 17.2. The van der Waals surface area contributed by atoms with Crippen LogP contribution in [-0.2, 0) is 9.84 Å². The van der Waals surface area contributed by atoms with Crippen LogP contribution in [0.15, 0.2) is 69.8 Å². The number of halogens is 1. The first kappa shape index (κ1) is 19.6. The minimum Gasteiger partial charge on any atom is -0.321 e. The number of hydrogen-bond acceptors (Lipinski definition) is 4. The number of anilines is 1. The van der Waals surface area contributed by atoms with E-state index in [9.17, 15) is 13.2 Å². The molecule has 0 fully saturated rings. The van der Waals surface area contributed by atoms with Crippen molar-refractivity contribution in [2.45, 2.75) is 28.9 Å². The molecule has 0 atom stereocenters. The number of carbonyl (C=O) groups excluding carboxylic acids is 1. The Morgan fingerprint density at radius 3 is 2.19 bits per heavy atom. The van der Waals surface area contributed by atoms with Gasteiger partial charge in [-0.2, -0.15) is 0 Å². The number of rotatable bonds is 5. The normalized spacial score (nSPS) is 11.6. The van der Waals surface area contributed by atoms with Gasteiger partial charge in [-0.1, -0.05) is 37.6 Å². The monoisotopic (exact) mass is 419 g/mol. The van der Waals surface area contributed by atoms with Crippen molar-refractivity contribution in [2.24, 2.45) is 0 Å². The van der Waals surface area contributed by atoms with Gasteiger partial charge in [0.15, 0.2) is 0 Å². The van der Waals surface area contributed by atoms with Crippen LogP contribution < -0.4 is 5.32 Å². The summed E-state index contributed by atoms with van der Waals surface area (Å²) < 4.78 is 25.5. The summed E-state index contributed by atoms with van der Waals surface area (Å²) in [6.07, 6.45) is 0. The van der Waals surface area contributed by atoms with E-state index in [1.807, 2.05) is 24.3 Å². The molecule has 0 radical (unpaired) electrons. The third-order valence-corrected chi connectivity index (χ3v) is 7.63. The second-order valence-corrected chi connectivity index (χ2v) is 10.0. The van der Waals surface area contributed by atoms with Gasteiger partial charge in [0.2, 0.25) is 9.84 Å². The molecule has 0 spiro atoms. The van der Waals surface area contributed by atoms with Crippen LogP contribution in [0.2, 0.25) is 5.02 Å². The molecule has 3 rings (SSSR count). The average molecular weight is 420 g/mol. The Morgan fingerprint density at radius 1 is 0.963 bits per heavy atom. The van der Waals surface area contributed by atoms with Crippen LogP contribution in [0.3, 0.4) is 0 Å². The average Bonchev–Trinajstić information content (AvgIpc) is 3.14. The highest BCUT2D eigenvalue weighted by Gasteiger charge is 2.21. The SMILES string of the molecule is CC(C)c1ccc(NC(=O)c2ccc(S(=O)(=O)c3ccc(Cl)cc3)s2)cc1. The first-order valence-corrected chi connectivity index (χ1v) is 11.0. The van der Waals surface area contributed by atoms with Crippen LogP contribution in [0.25, 0.3) is 0 Å². The third-order valence-electron chi connectivity index (χ3n) is 4.03. The van der Waals surface area contributed by atoms with Gasteiger partial charge in [0.05, 0.1) is 9.77 Å². The van der Waals surface area contributed by atoms with Crippen LogP contribution in [0.4, 0.5) is 5.69 Å². The summed E-state index contributed by atoms with van der Waals surface area (Å²) in [4.78, 5) is 12.9. The van der Waals surface area contributed by atoms with Crippen molar-refractivity contribution in [3.63, 3.8) is 0 Å². The smallest absolute Gasteiger partial charge is 0.265 e. The van der Waals surface area contributed by atoms with Crippen LogP contribution in [0.1, 0.15) is 35.0 Å². The van der Waals surface area contributed by atoms with Crippen molar-refractivity contribution in [3.05, 3.63) is 76.1 Å². The Bertz CT molecular complexity index is 1050. The van der Waals surface area contributed by atoms with Gasteiger partial charge in [0, 0.05) is 10.7 Å². The summed E-state index contributed by atoms with van der Waals surface area (Å²) in [7, 11) is -3.68. The lowest BCUT2D eigenvalue weighted by Gasteiger charge is -2.07. The highest BCUT2D eigenvalue weighted by Crippen LogP contribution is 2.29. The summed E-state index contributed by atoms with van der Waals surface area (Å²) in [5.41, 5.74) is 1.85. The molecule has 2 aromatic carbocycles. The summed E-state index contributed by atoms with van der Waals surface area (Å²) in [5, 5.41) is 3.26. The molecule has 0 bridgehead atoms. The molecule has 1 aromatic heterocycles. The molecular weight excluding hydrogens is 402 g/mol. The Balaban J connectivity index is 1.78. The van der Waals surface area contributed by atoms with Gasteiger partial charge in [0.1, 0.15) is 4.21 Å². The van der Waals surface area contributed by atoms with Crippen molar-refractivity contribution in [2.75, 3.05) is 5.32 Å². The van der Waals surface area contributed by atoms with E-state index >= 15 is 0 Å². The molecule has 0 unspecified atom stereocenters. The lowest BCUT2D eigenvalue weighted by Crippen LogP contribution is -2.10. The van der Waals surface area contributed by atoms with Gasteiger partial charge in [-0.3, -0.25) is 4.79 Å². The Hall–Kier alpha value is -2.15. The number of benzene rings is 2. The predicted molar refractivity (Wildman–Crippen MR) is 110 cm³/mol. The second-order valence-electron chi connectivity index (χ2n) is 6.31. The summed E-state index contributed by atoms with van der Waals surface area (Å²) in [6.45, 7) is 4.20. The number of hydrogen-bond donors (Lipinski definition) is 1. The van der Waals surface area contributed by atoms with E-state index in [0.29, 0.717) is 21.5 Å². The number of sulfone groups is 1. The van der Waals surface area contributed by atoms with E-state index in [2.05, 4.69) is 19.2 Å². The molecule has 27 heavy (non-hydrogen) atoms. The minimum atomic E-state index is -3.68. The molecule has 7 heteroatoms. The lowest BCUT2D eigenvalue weighted by molar-refractivity contribution is 0.103. The van der Waals surface area contributed by atoms with Gasteiger partial charge < -0.3 is 5.32 Å². The van der Waals surface area contributed by atoms with E-state index in [-0.39, 0.29) is 15.0 Å². The Morgan fingerprint density at radius 2 is 1.59 bits per heavy atom. The van der Waals surface area contributed by atoms with Crippen molar-refractivity contribution in [3.8, 4) is 0 Å². The van der Waals surface area contributed by atoms with Crippen LogP contribution >= 0.6 is 22.9 Å². The zero-order chi connectivity index (χ0) is 19.6. The van der Waals surface area contributed by atoms with E-state index in [1.54, 1.807) is 0 Å². The zero-order valence-electron chi connectivity index (χ0n) is 14.8. The predicted octanol–water partition coefficient (Wildman–Crippen LogP) is 5.61. The minimum absolute atomic E-state index is 0.116. The second kappa shape index (κ2) is 7.84. The first-order valence-electron chi connectivity index (χ1n) is 8.29. The van der Waals surface area contributed by atoms with Crippen molar-refractivity contribution < 1.29 is 13.2 Å². The quantitative estimate of drug-likeness (QED) is 0.584. The highest BCUT2D eigenvalue weighted by atomic mass is 35.5. The maximum atomic E-state index is 12.7. The third kappa shape index (κ3) is 4.40. The molecule has 0 aliphatic rings. The highest BCUT2D eigenvalue weighted by molar-refractivity contribution is 7.93. The Kier molecular flexibility index (Phi) is 5.69. The largest absolute Gasteiger partial charge is 0.321 e. The van der Waals surface area contributed by atoms with Crippen LogP contribution in [0.5, 0.6) is 0 Å². The fraction of sp³-hybridized carbons (Fsp3) is 0.150. The topological polar surface area (TPSA) is 63.2 Å². The van der Waals surface area contributed by atoms with Gasteiger partial charge in [-0.15, -0.1) is 11.3 Å². The maximum Gasteiger partial charge on any atom is 0.265 e. The van der Waals surface area contributed by atoms with E-state index in [4.69, 9.17) is 11.6 Å². The van der Waals surface area contributed by atoms with Crippen molar-refractivity contribution >= 4 is 44.4 Å². The molecule has 3 aromatic rings. The van der Waals surface area contributed by atoms with Gasteiger partial charge >= 0.3 is 0 Å². The number of carbonyl (C=O) groups is 1. The number of thiophene rings is 1. The van der Waals surface area contributed by atoms with Crippen LogP contribution in [0, 0.1) is 0 Å². The molecule has 1 heterocycles. The summed E-state index contributed by atoms with van der Waals surface area (Å²) in [5.74, 6) is 0.0718. The van der Waals surface area contributed by atoms with Gasteiger partial charge in [0.25, 0.3) is 5.91 Å². The molecule has 0 saturated carbocycles. The molecule has 1 amide bonds. The number of nitrogens with one attached hydrogen (secondary N) is 1. The standard InChI is InChI=1S/C20H18ClNO3S2/c1-13(2)14-3-7-16(8-4-14)22-20(23)18-11-12-19(26-18)27(24,25)17-9-5-15(21)6-10-17/h3-13H,1-2H3,(H,22,23). The van der Waals surface area contributed by atoms with E-state index in [0.717, 1.165) is 11.3 Å². The van der Waals surface area contributed by atoms with E-state index in [1.165, 1.54) is 42.0 Å².